The summed E-state index contributed by atoms with van der Waals surface area (Å²) >= 11 is 1.45. The van der Waals surface area contributed by atoms with Gasteiger partial charge in [-0.3, -0.25) is 4.79 Å². The van der Waals surface area contributed by atoms with Crippen LogP contribution in [0.1, 0.15) is 60.6 Å². The van der Waals surface area contributed by atoms with Gasteiger partial charge in [-0.1, -0.05) is 65.0 Å². The van der Waals surface area contributed by atoms with Crippen molar-refractivity contribution in [1.29, 1.82) is 5.26 Å². The molecule has 0 aliphatic heterocycles. The largest absolute Gasteiger partial charge is 0.302 e. The number of aromatic nitrogens is 1. The van der Waals surface area contributed by atoms with Crippen molar-refractivity contribution in [2.45, 2.75) is 54.9 Å². The van der Waals surface area contributed by atoms with E-state index in [9.17, 15) is 4.79 Å². The first-order valence-electron chi connectivity index (χ1n) is 8.57. The number of thiazole rings is 1. The van der Waals surface area contributed by atoms with Crippen molar-refractivity contribution >= 4 is 27.9 Å². The zero-order chi connectivity index (χ0) is 19.7. The number of carbonyl (C=O) groups is 1. The highest BCUT2D eigenvalue weighted by Crippen LogP contribution is 2.23. The summed E-state index contributed by atoms with van der Waals surface area (Å²) < 4.78 is 0. The van der Waals surface area contributed by atoms with Crippen LogP contribution in [0.5, 0.6) is 0 Å². The number of anilines is 1. The molecule has 0 spiro atoms. The van der Waals surface area contributed by atoms with Gasteiger partial charge in [0.1, 0.15) is 0 Å². The number of hydrogen-bond donors (Lipinski definition) is 1. The quantitative estimate of drug-likeness (QED) is 0.612. The highest BCUT2D eigenvalue weighted by molar-refractivity contribution is 7.14. The van der Waals surface area contributed by atoms with Crippen LogP contribution in [0.3, 0.4) is 0 Å². The van der Waals surface area contributed by atoms with E-state index in [1.54, 1.807) is 6.07 Å². The Kier molecular flexibility index (Phi) is 16.7. The van der Waals surface area contributed by atoms with Crippen molar-refractivity contribution in [3.05, 3.63) is 41.5 Å². The fraction of sp³-hybridized carbons (Fsp3) is 0.450. The van der Waals surface area contributed by atoms with Crippen LogP contribution < -0.4 is 5.32 Å². The van der Waals surface area contributed by atoms with Gasteiger partial charge >= 0.3 is 0 Å². The molecule has 0 bridgehead atoms. The van der Waals surface area contributed by atoms with Gasteiger partial charge in [0, 0.05) is 18.2 Å². The number of hydrogen-bond acceptors (Lipinski definition) is 4. The zero-order valence-corrected chi connectivity index (χ0v) is 17.3. The van der Waals surface area contributed by atoms with Gasteiger partial charge in [0.15, 0.2) is 5.13 Å². The second kappa shape index (κ2) is 16.7. The first-order chi connectivity index (χ1) is 12.0. The fourth-order valence-corrected chi connectivity index (χ4v) is 2.14. The van der Waals surface area contributed by atoms with Crippen molar-refractivity contribution in [3.8, 4) is 6.07 Å². The van der Waals surface area contributed by atoms with Gasteiger partial charge in [0.25, 0.3) is 0 Å². The van der Waals surface area contributed by atoms with E-state index < -0.39 is 0 Å². The third-order valence-electron chi connectivity index (χ3n) is 2.62. The number of amides is 1. The molecule has 0 fully saturated rings. The minimum Gasteiger partial charge on any atom is -0.302 e. The molecule has 0 aromatic carbocycles. The molecule has 1 amide bonds. The summed E-state index contributed by atoms with van der Waals surface area (Å²) in [5.41, 5.74) is 1.93. The van der Waals surface area contributed by atoms with Gasteiger partial charge in [0.2, 0.25) is 5.91 Å². The molecule has 0 saturated carbocycles. The third-order valence-corrected chi connectivity index (χ3v) is 3.38. The highest BCUT2D eigenvalue weighted by atomic mass is 32.1. The minimum atomic E-state index is -0.0392. The summed E-state index contributed by atoms with van der Waals surface area (Å²) in [6.45, 7) is 13.2. The lowest BCUT2D eigenvalue weighted by Crippen LogP contribution is -2.17. The minimum absolute atomic E-state index is 0.00523. The Morgan fingerprint density at radius 1 is 1.40 bits per heavy atom. The van der Waals surface area contributed by atoms with Crippen LogP contribution in [0.15, 0.2) is 35.8 Å². The number of nitrogens with one attached hydrogen (secondary N) is 1. The molecular weight excluding hydrogens is 330 g/mol. The second-order valence-electron chi connectivity index (χ2n) is 4.84. The van der Waals surface area contributed by atoms with Gasteiger partial charge in [-0.2, -0.15) is 5.26 Å². The van der Waals surface area contributed by atoms with Crippen LogP contribution in [-0.2, 0) is 4.79 Å². The average molecular weight is 362 g/mol. The Labute approximate surface area is 157 Å². The standard InChI is InChI=1S/C16H22N2OS.C2H3N.C2H6/c1-5-7-8-9-10-13(6-2)14-11-20-16(17-14)18-15(19)12(3)4;1-2-3;1-2/h6-12H,5H2,1-4H3,(H,17,18,19);1H3;1-2H3/b8-7-,10-9-,13-6+;;. The van der Waals surface area contributed by atoms with Gasteiger partial charge in [0.05, 0.1) is 11.8 Å². The van der Waals surface area contributed by atoms with Crippen molar-refractivity contribution in [2.75, 3.05) is 5.32 Å². The van der Waals surface area contributed by atoms with E-state index in [1.165, 1.54) is 18.3 Å². The number of rotatable bonds is 6. The Hall–Kier alpha value is -2.19. The molecule has 1 aromatic heterocycles. The van der Waals surface area contributed by atoms with Gasteiger partial charge < -0.3 is 5.32 Å². The predicted octanol–water partition coefficient (Wildman–Crippen LogP) is 6.22. The SMILES string of the molecule is CC.CC#N.C\C=C(/C=C\C=C/CC)c1csc(NC(=O)C(C)C)n1. The first kappa shape index (κ1) is 25.1. The van der Waals surface area contributed by atoms with E-state index in [4.69, 9.17) is 5.26 Å². The van der Waals surface area contributed by atoms with E-state index in [1.807, 2.05) is 64.3 Å². The normalized spacial score (nSPS) is 10.8. The van der Waals surface area contributed by atoms with E-state index in [0.29, 0.717) is 5.13 Å². The number of nitrogens with zero attached hydrogens (tertiary/aromatic N) is 2. The number of nitriles is 1. The average Bonchev–Trinajstić information content (AvgIpc) is 3.05. The van der Waals surface area contributed by atoms with Crippen LogP contribution in [0.2, 0.25) is 0 Å². The molecule has 1 aromatic rings. The summed E-state index contributed by atoms with van der Waals surface area (Å²) in [5.74, 6) is -0.0445. The topological polar surface area (TPSA) is 65.8 Å². The maximum absolute atomic E-state index is 11.6. The molecule has 4 nitrogen and oxygen atoms in total. The third kappa shape index (κ3) is 11.9. The summed E-state index contributed by atoms with van der Waals surface area (Å²) in [7, 11) is 0. The molecule has 0 unspecified atom stereocenters. The van der Waals surface area contributed by atoms with Crippen molar-refractivity contribution < 1.29 is 4.79 Å². The van der Waals surface area contributed by atoms with E-state index in [-0.39, 0.29) is 11.8 Å². The van der Waals surface area contributed by atoms with Crippen LogP contribution in [0.4, 0.5) is 5.13 Å². The maximum Gasteiger partial charge on any atom is 0.228 e. The lowest BCUT2D eigenvalue weighted by molar-refractivity contribution is -0.118. The van der Waals surface area contributed by atoms with Crippen molar-refractivity contribution in [3.63, 3.8) is 0 Å². The predicted molar refractivity (Wildman–Crippen MR) is 110 cm³/mol. The van der Waals surface area contributed by atoms with E-state index >= 15 is 0 Å². The molecule has 0 atom stereocenters. The molecule has 1 N–H and O–H groups in total. The smallest absolute Gasteiger partial charge is 0.228 e. The summed E-state index contributed by atoms with van der Waals surface area (Å²) in [5, 5.41) is 12.7. The Bertz CT molecular complexity index is 605. The highest BCUT2D eigenvalue weighted by Gasteiger charge is 2.10. The molecule has 25 heavy (non-hydrogen) atoms. The maximum atomic E-state index is 11.6. The molecule has 138 valence electrons. The molecule has 0 aliphatic carbocycles. The molecular formula is C20H31N3OS. The Morgan fingerprint density at radius 2 is 2.00 bits per heavy atom. The lowest BCUT2D eigenvalue weighted by Gasteiger charge is -2.03. The fourth-order valence-electron chi connectivity index (χ4n) is 1.42. The molecule has 0 aliphatic rings. The summed E-state index contributed by atoms with van der Waals surface area (Å²) in [4.78, 5) is 16.1. The molecule has 5 heteroatoms. The first-order valence-corrected chi connectivity index (χ1v) is 9.45. The molecule has 1 rings (SSSR count). The van der Waals surface area contributed by atoms with Gasteiger partial charge in [-0.25, -0.2) is 4.98 Å². The van der Waals surface area contributed by atoms with Crippen LogP contribution in [0, 0.1) is 17.2 Å². The molecule has 1 heterocycles. The lowest BCUT2D eigenvalue weighted by atomic mass is 10.2. The number of allylic oxidation sites excluding steroid dienone is 6. The second-order valence-corrected chi connectivity index (χ2v) is 5.70. The molecule has 0 saturated heterocycles. The summed E-state index contributed by atoms with van der Waals surface area (Å²) in [6, 6.07) is 1.75. The van der Waals surface area contributed by atoms with Gasteiger partial charge in [-0.15, -0.1) is 11.3 Å². The monoisotopic (exact) mass is 361 g/mol. The Balaban J connectivity index is 0. The van der Waals surface area contributed by atoms with Crippen LogP contribution in [0.25, 0.3) is 5.57 Å². The van der Waals surface area contributed by atoms with Crippen molar-refractivity contribution in [2.24, 2.45) is 5.92 Å². The van der Waals surface area contributed by atoms with E-state index in [0.717, 1.165) is 17.7 Å². The summed E-state index contributed by atoms with van der Waals surface area (Å²) in [6.07, 6.45) is 11.2. The number of carbonyl (C=O) groups excluding carboxylic acids is 1. The van der Waals surface area contributed by atoms with Crippen LogP contribution >= 0.6 is 11.3 Å². The van der Waals surface area contributed by atoms with E-state index in [2.05, 4.69) is 23.3 Å². The van der Waals surface area contributed by atoms with Crippen molar-refractivity contribution in [1.82, 2.24) is 4.98 Å². The zero-order valence-electron chi connectivity index (χ0n) is 16.5. The van der Waals surface area contributed by atoms with Crippen LogP contribution in [-0.4, -0.2) is 10.9 Å². The Morgan fingerprint density at radius 3 is 2.48 bits per heavy atom. The molecule has 0 radical (unpaired) electrons. The van der Waals surface area contributed by atoms with Gasteiger partial charge in [-0.05, 0) is 18.9 Å².